The van der Waals surface area contributed by atoms with Gasteiger partial charge in [0.2, 0.25) is 0 Å². The van der Waals surface area contributed by atoms with Gasteiger partial charge in [-0.2, -0.15) is 5.10 Å². The highest BCUT2D eigenvalue weighted by Crippen LogP contribution is 2.28. The lowest BCUT2D eigenvalue weighted by Crippen LogP contribution is -2.00. The molecule has 0 radical (unpaired) electrons. The van der Waals surface area contributed by atoms with Crippen LogP contribution in [0.3, 0.4) is 0 Å². The predicted molar refractivity (Wildman–Crippen MR) is 84.4 cm³/mol. The normalized spacial score (nSPS) is 11.1. The lowest BCUT2D eigenvalue weighted by molar-refractivity contribution is 0.0690. The zero-order valence-electron chi connectivity index (χ0n) is 11.7. The number of carbonyl (C=O) groups is 1. The minimum Gasteiger partial charge on any atom is -0.477 e. The highest BCUT2D eigenvalue weighted by Gasteiger charge is 2.05. The van der Waals surface area contributed by atoms with Gasteiger partial charge in [-0.1, -0.05) is 0 Å². The summed E-state index contributed by atoms with van der Waals surface area (Å²) < 4.78 is 1.76. The van der Waals surface area contributed by atoms with Gasteiger partial charge in [-0.05, 0) is 30.4 Å². The predicted octanol–water partition coefficient (Wildman–Crippen LogP) is 2.81. The first-order valence-corrected chi connectivity index (χ1v) is 7.26. The summed E-state index contributed by atoms with van der Waals surface area (Å²) in [5, 5.41) is 13.1. The van der Waals surface area contributed by atoms with E-state index in [-0.39, 0.29) is 5.69 Å². The van der Waals surface area contributed by atoms with Crippen LogP contribution in [0.2, 0.25) is 0 Å². The second-order valence-electron chi connectivity index (χ2n) is 4.57. The van der Waals surface area contributed by atoms with Crippen molar-refractivity contribution in [3.05, 3.63) is 53.2 Å². The van der Waals surface area contributed by atoms with Gasteiger partial charge in [-0.3, -0.25) is 4.68 Å². The lowest BCUT2D eigenvalue weighted by Gasteiger charge is -1.94. The van der Waals surface area contributed by atoms with Crippen LogP contribution in [-0.4, -0.2) is 30.8 Å². The van der Waals surface area contributed by atoms with Gasteiger partial charge in [-0.15, -0.1) is 11.3 Å². The molecule has 1 N–H and O–H groups in total. The minimum atomic E-state index is -1.06. The Labute approximate surface area is 130 Å². The molecule has 0 saturated carbocycles. The number of rotatable bonds is 4. The van der Waals surface area contributed by atoms with E-state index in [2.05, 4.69) is 15.1 Å². The van der Waals surface area contributed by atoms with E-state index in [1.165, 1.54) is 12.4 Å². The molecule has 0 unspecified atom stereocenters. The number of aryl methyl sites for hydroxylation is 1. The molecule has 110 valence electrons. The number of nitrogens with zero attached hydrogens (tertiary/aromatic N) is 4. The maximum atomic E-state index is 10.9. The van der Waals surface area contributed by atoms with Crippen molar-refractivity contribution in [2.24, 2.45) is 7.05 Å². The molecule has 0 amide bonds. The van der Waals surface area contributed by atoms with Crippen LogP contribution in [0.1, 0.15) is 21.1 Å². The van der Waals surface area contributed by atoms with Gasteiger partial charge in [0.05, 0.1) is 11.9 Å². The highest BCUT2D eigenvalue weighted by molar-refractivity contribution is 7.16. The molecular formula is C15H12N4O2S. The molecule has 3 aromatic rings. The standard InChI is InChI=1S/C15H12N4O2S/c1-19-8-10(7-18-19)14-5-4-12(22-14)3-2-11-6-13(15(20)21)17-9-16-11/h2-9H,1H3,(H,20,21)/b3-2+. The number of hydrogen-bond acceptors (Lipinski definition) is 5. The van der Waals surface area contributed by atoms with Gasteiger partial charge in [0.1, 0.15) is 6.33 Å². The summed E-state index contributed by atoms with van der Waals surface area (Å²) in [4.78, 5) is 20.8. The van der Waals surface area contributed by atoms with E-state index in [1.54, 1.807) is 22.1 Å². The van der Waals surface area contributed by atoms with Crippen molar-refractivity contribution in [3.8, 4) is 10.4 Å². The van der Waals surface area contributed by atoms with Crippen LogP contribution in [0.4, 0.5) is 0 Å². The van der Waals surface area contributed by atoms with Crippen LogP contribution < -0.4 is 0 Å². The fourth-order valence-electron chi connectivity index (χ4n) is 1.89. The zero-order valence-corrected chi connectivity index (χ0v) is 12.5. The molecule has 3 aromatic heterocycles. The molecule has 0 aromatic carbocycles. The molecule has 0 saturated heterocycles. The molecule has 0 spiro atoms. The SMILES string of the molecule is Cn1cc(-c2ccc(/C=C/c3cc(C(=O)O)ncn3)s2)cn1. The van der Waals surface area contributed by atoms with E-state index in [0.29, 0.717) is 5.69 Å². The Morgan fingerprint density at radius 1 is 1.32 bits per heavy atom. The van der Waals surface area contributed by atoms with Gasteiger partial charge < -0.3 is 5.11 Å². The molecule has 22 heavy (non-hydrogen) atoms. The van der Waals surface area contributed by atoms with Crippen LogP contribution >= 0.6 is 11.3 Å². The van der Waals surface area contributed by atoms with Gasteiger partial charge in [0.15, 0.2) is 5.69 Å². The zero-order chi connectivity index (χ0) is 15.5. The quantitative estimate of drug-likeness (QED) is 0.801. The fraction of sp³-hybridized carbons (Fsp3) is 0.0667. The van der Waals surface area contributed by atoms with Crippen LogP contribution in [-0.2, 0) is 7.05 Å². The molecule has 0 bridgehead atoms. The average molecular weight is 312 g/mol. The maximum absolute atomic E-state index is 10.9. The Balaban J connectivity index is 1.80. The number of hydrogen-bond donors (Lipinski definition) is 1. The van der Waals surface area contributed by atoms with Crippen LogP contribution in [0.25, 0.3) is 22.6 Å². The third kappa shape index (κ3) is 3.09. The topological polar surface area (TPSA) is 80.9 Å². The Morgan fingerprint density at radius 2 is 2.18 bits per heavy atom. The molecule has 0 aliphatic rings. The van der Waals surface area contributed by atoms with E-state index >= 15 is 0 Å². The molecular weight excluding hydrogens is 300 g/mol. The molecule has 0 aliphatic heterocycles. The van der Waals surface area contributed by atoms with Gasteiger partial charge in [-0.25, -0.2) is 14.8 Å². The first-order chi connectivity index (χ1) is 10.6. The molecule has 3 heterocycles. The third-order valence-electron chi connectivity index (χ3n) is 2.94. The summed E-state index contributed by atoms with van der Waals surface area (Å²) >= 11 is 1.63. The Hall–Kier alpha value is -2.80. The van der Waals surface area contributed by atoms with E-state index in [9.17, 15) is 4.79 Å². The summed E-state index contributed by atoms with van der Waals surface area (Å²) in [7, 11) is 1.88. The van der Waals surface area contributed by atoms with Crippen molar-refractivity contribution >= 4 is 29.5 Å². The highest BCUT2D eigenvalue weighted by atomic mass is 32.1. The molecule has 6 nitrogen and oxygen atoms in total. The smallest absolute Gasteiger partial charge is 0.354 e. The van der Waals surface area contributed by atoms with Gasteiger partial charge in [0, 0.05) is 28.6 Å². The van der Waals surface area contributed by atoms with E-state index < -0.39 is 5.97 Å². The minimum absolute atomic E-state index is 0.0168. The second-order valence-corrected chi connectivity index (χ2v) is 5.69. The largest absolute Gasteiger partial charge is 0.477 e. The van der Waals surface area contributed by atoms with Crippen molar-refractivity contribution in [3.63, 3.8) is 0 Å². The Kier molecular flexibility index (Phi) is 3.80. The van der Waals surface area contributed by atoms with Crippen molar-refractivity contribution in [1.82, 2.24) is 19.7 Å². The van der Waals surface area contributed by atoms with E-state index in [0.717, 1.165) is 15.3 Å². The van der Waals surface area contributed by atoms with Crippen LogP contribution in [0.15, 0.2) is 36.9 Å². The average Bonchev–Trinajstić information content (AvgIpc) is 3.14. The van der Waals surface area contributed by atoms with Crippen molar-refractivity contribution in [2.45, 2.75) is 0 Å². The molecule has 0 atom stereocenters. The van der Waals surface area contributed by atoms with Gasteiger partial charge >= 0.3 is 5.97 Å². The summed E-state index contributed by atoms with van der Waals surface area (Å²) in [5.41, 5.74) is 1.61. The molecule has 7 heteroatoms. The summed E-state index contributed by atoms with van der Waals surface area (Å²) in [6.07, 6.45) is 8.70. The Morgan fingerprint density at radius 3 is 2.91 bits per heavy atom. The van der Waals surface area contributed by atoms with Crippen LogP contribution in [0.5, 0.6) is 0 Å². The lowest BCUT2D eigenvalue weighted by atomic mass is 10.2. The summed E-state index contributed by atoms with van der Waals surface area (Å²) in [5.74, 6) is -1.06. The summed E-state index contributed by atoms with van der Waals surface area (Å²) in [6, 6.07) is 5.47. The maximum Gasteiger partial charge on any atom is 0.354 e. The second kappa shape index (κ2) is 5.90. The Bertz CT molecular complexity index is 851. The van der Waals surface area contributed by atoms with E-state index in [4.69, 9.17) is 5.11 Å². The molecule has 0 aliphatic carbocycles. The first-order valence-electron chi connectivity index (χ1n) is 6.44. The number of aromatic nitrogens is 4. The number of carboxylic acid groups (broad SMARTS) is 1. The fourth-order valence-corrected chi connectivity index (χ4v) is 2.78. The first kappa shape index (κ1) is 14.2. The monoisotopic (exact) mass is 312 g/mol. The van der Waals surface area contributed by atoms with Crippen molar-refractivity contribution < 1.29 is 9.90 Å². The third-order valence-corrected chi connectivity index (χ3v) is 4.04. The number of thiophene rings is 1. The molecule has 3 rings (SSSR count). The number of carboxylic acids is 1. The molecule has 0 fully saturated rings. The summed E-state index contributed by atoms with van der Waals surface area (Å²) in [6.45, 7) is 0. The van der Waals surface area contributed by atoms with Crippen molar-refractivity contribution in [2.75, 3.05) is 0 Å². The van der Waals surface area contributed by atoms with E-state index in [1.807, 2.05) is 37.7 Å². The number of aromatic carboxylic acids is 1. The van der Waals surface area contributed by atoms with Crippen molar-refractivity contribution in [1.29, 1.82) is 0 Å². The van der Waals surface area contributed by atoms with Gasteiger partial charge in [0.25, 0.3) is 0 Å². The van der Waals surface area contributed by atoms with Crippen LogP contribution in [0, 0.1) is 0 Å².